The molecule has 1 aromatic heterocycles. The van der Waals surface area contributed by atoms with Crippen LogP contribution in [-0.4, -0.2) is 45.9 Å². The molecule has 0 spiro atoms. The minimum Gasteiger partial charge on any atom is -0.497 e. The van der Waals surface area contributed by atoms with E-state index in [0.717, 1.165) is 29.6 Å². The van der Waals surface area contributed by atoms with E-state index in [1.165, 1.54) is 17.0 Å². The van der Waals surface area contributed by atoms with E-state index >= 15 is 0 Å². The fourth-order valence-electron chi connectivity index (χ4n) is 3.99. The van der Waals surface area contributed by atoms with Crippen LogP contribution in [0, 0.1) is 12.7 Å². The van der Waals surface area contributed by atoms with Gasteiger partial charge in [-0.15, -0.1) is 0 Å². The minimum atomic E-state index is -0.271. The Hall–Kier alpha value is -2.90. The van der Waals surface area contributed by atoms with Crippen LogP contribution in [0.3, 0.4) is 0 Å². The second kappa shape index (κ2) is 8.85. The van der Waals surface area contributed by atoms with Gasteiger partial charge in [-0.3, -0.25) is 4.79 Å². The molecule has 0 unspecified atom stereocenters. The zero-order valence-electron chi connectivity index (χ0n) is 17.2. The third kappa shape index (κ3) is 4.17. The number of morpholine rings is 1. The van der Waals surface area contributed by atoms with Crippen LogP contribution in [0.2, 0.25) is 0 Å². The number of carbonyl (C=O) groups is 1. The van der Waals surface area contributed by atoms with Gasteiger partial charge >= 0.3 is 0 Å². The molecular formula is C23H26FN2O4+. The molecular weight excluding hydrogens is 387 g/mol. The van der Waals surface area contributed by atoms with Crippen molar-refractivity contribution in [2.24, 2.45) is 0 Å². The lowest BCUT2D eigenvalue weighted by atomic mass is 10.0. The average molecular weight is 413 g/mol. The number of benzene rings is 2. The lowest BCUT2D eigenvalue weighted by molar-refractivity contribution is -0.937. The molecule has 7 heteroatoms. The zero-order valence-corrected chi connectivity index (χ0v) is 17.2. The number of furan rings is 1. The molecule has 0 bridgehead atoms. The summed E-state index contributed by atoms with van der Waals surface area (Å²) >= 11 is 0. The quantitative estimate of drug-likeness (QED) is 0.651. The summed E-state index contributed by atoms with van der Waals surface area (Å²) in [7, 11) is 1.60. The summed E-state index contributed by atoms with van der Waals surface area (Å²) in [6.45, 7) is 5.30. The maximum Gasteiger partial charge on any atom is 0.287 e. The lowest BCUT2D eigenvalue weighted by Gasteiger charge is -2.31. The van der Waals surface area contributed by atoms with Crippen molar-refractivity contribution in [1.29, 1.82) is 0 Å². The van der Waals surface area contributed by atoms with Gasteiger partial charge in [0, 0.05) is 16.5 Å². The van der Waals surface area contributed by atoms with Crippen molar-refractivity contribution in [3.63, 3.8) is 0 Å². The lowest BCUT2D eigenvalue weighted by Crippen LogP contribution is -3.15. The number of amides is 1. The first-order valence-electron chi connectivity index (χ1n) is 10.1. The van der Waals surface area contributed by atoms with Crippen molar-refractivity contribution in [2.75, 3.05) is 40.0 Å². The van der Waals surface area contributed by atoms with E-state index in [4.69, 9.17) is 13.9 Å². The largest absolute Gasteiger partial charge is 0.497 e. The third-order valence-corrected chi connectivity index (χ3v) is 5.72. The molecule has 2 heterocycles. The number of rotatable bonds is 6. The van der Waals surface area contributed by atoms with Crippen LogP contribution in [0.25, 0.3) is 11.0 Å². The predicted octanol–water partition coefficient (Wildman–Crippen LogP) is 2.28. The van der Waals surface area contributed by atoms with Crippen LogP contribution < -0.4 is 15.0 Å². The number of nitrogens with one attached hydrogen (secondary N) is 2. The molecule has 1 atom stereocenters. The van der Waals surface area contributed by atoms with E-state index in [1.807, 2.05) is 13.0 Å². The second-order valence-electron chi connectivity index (χ2n) is 7.50. The maximum absolute atomic E-state index is 13.4. The molecule has 2 aromatic carbocycles. The van der Waals surface area contributed by atoms with E-state index in [9.17, 15) is 9.18 Å². The van der Waals surface area contributed by atoms with Gasteiger partial charge in [0.05, 0.1) is 26.9 Å². The van der Waals surface area contributed by atoms with Gasteiger partial charge in [-0.1, -0.05) is 12.1 Å². The summed E-state index contributed by atoms with van der Waals surface area (Å²) in [5.41, 5.74) is 2.41. The molecule has 0 aliphatic carbocycles. The first-order chi connectivity index (χ1) is 14.6. The first kappa shape index (κ1) is 20.4. The van der Waals surface area contributed by atoms with Crippen molar-refractivity contribution >= 4 is 16.9 Å². The van der Waals surface area contributed by atoms with Crippen LogP contribution in [-0.2, 0) is 4.74 Å². The maximum atomic E-state index is 13.4. The third-order valence-electron chi connectivity index (χ3n) is 5.72. The Labute approximate surface area is 174 Å². The molecule has 6 nitrogen and oxygen atoms in total. The average Bonchev–Trinajstić information content (AvgIpc) is 3.11. The molecule has 158 valence electrons. The van der Waals surface area contributed by atoms with E-state index in [2.05, 4.69) is 5.32 Å². The van der Waals surface area contributed by atoms with Crippen molar-refractivity contribution < 1.29 is 28.0 Å². The van der Waals surface area contributed by atoms with E-state index in [1.54, 1.807) is 31.4 Å². The highest BCUT2D eigenvalue weighted by atomic mass is 19.1. The Morgan fingerprint density at radius 3 is 2.63 bits per heavy atom. The smallest absolute Gasteiger partial charge is 0.287 e. The Morgan fingerprint density at radius 2 is 1.93 bits per heavy atom. The SMILES string of the molecule is COc1ccc2oc(C(=O)NC[C@H](c3ccc(F)cc3)[NH+]3CCOCC3)c(C)c2c1. The Bertz CT molecular complexity index is 1030. The molecule has 30 heavy (non-hydrogen) atoms. The standard InChI is InChI=1S/C23H25FN2O4/c1-15-19-13-18(28-2)7-8-21(19)30-22(15)23(27)25-14-20(26-9-11-29-12-10-26)16-3-5-17(24)6-4-16/h3-8,13,20H,9-12,14H2,1-2H3,(H,25,27)/p+1/t20-/m1/s1. The van der Waals surface area contributed by atoms with Gasteiger partial charge in [0.1, 0.15) is 36.3 Å². The van der Waals surface area contributed by atoms with Crippen LogP contribution in [0.5, 0.6) is 5.75 Å². The van der Waals surface area contributed by atoms with Gasteiger partial charge in [0.15, 0.2) is 5.76 Å². The van der Waals surface area contributed by atoms with E-state index < -0.39 is 0 Å². The number of hydrogen-bond acceptors (Lipinski definition) is 4. The number of quaternary nitrogens is 1. The summed E-state index contributed by atoms with van der Waals surface area (Å²) in [4.78, 5) is 14.2. The molecule has 1 aliphatic rings. The van der Waals surface area contributed by atoms with Gasteiger partial charge in [0.2, 0.25) is 0 Å². The molecule has 4 rings (SSSR count). The number of halogens is 1. The predicted molar refractivity (Wildman–Crippen MR) is 110 cm³/mol. The van der Waals surface area contributed by atoms with Gasteiger partial charge < -0.3 is 24.1 Å². The molecule has 3 aromatic rings. The summed E-state index contributed by atoms with van der Waals surface area (Å²) in [5, 5.41) is 3.88. The fourth-order valence-corrected chi connectivity index (χ4v) is 3.99. The van der Waals surface area contributed by atoms with Gasteiger partial charge in [-0.25, -0.2) is 4.39 Å². The minimum absolute atomic E-state index is 0.00299. The summed E-state index contributed by atoms with van der Waals surface area (Å²) in [6, 6.07) is 12.0. The number of aryl methyl sites for hydroxylation is 1. The highest BCUT2D eigenvalue weighted by molar-refractivity contribution is 5.99. The summed E-state index contributed by atoms with van der Waals surface area (Å²) in [6.07, 6.45) is 0. The van der Waals surface area contributed by atoms with Crippen LogP contribution in [0.15, 0.2) is 46.9 Å². The molecule has 1 amide bonds. The number of fused-ring (bicyclic) bond motifs is 1. The Kier molecular flexibility index (Phi) is 6.01. The molecule has 1 fully saturated rings. The Morgan fingerprint density at radius 1 is 1.20 bits per heavy atom. The summed E-state index contributed by atoms with van der Waals surface area (Å²) < 4.78 is 30.0. The van der Waals surface area contributed by atoms with E-state index in [-0.39, 0.29) is 17.8 Å². The fraction of sp³-hybridized carbons (Fsp3) is 0.348. The normalized spacial score (nSPS) is 15.8. The number of carbonyl (C=O) groups excluding carboxylic acids is 1. The number of ether oxygens (including phenoxy) is 2. The van der Waals surface area contributed by atoms with Crippen molar-refractivity contribution in [3.05, 3.63) is 65.2 Å². The molecule has 0 saturated carbocycles. The first-order valence-corrected chi connectivity index (χ1v) is 10.1. The van der Waals surface area contributed by atoms with Crippen molar-refractivity contribution in [3.8, 4) is 5.75 Å². The highest BCUT2D eigenvalue weighted by Crippen LogP contribution is 2.28. The van der Waals surface area contributed by atoms with Crippen LogP contribution in [0.4, 0.5) is 4.39 Å². The molecule has 2 N–H and O–H groups in total. The second-order valence-corrected chi connectivity index (χ2v) is 7.50. The van der Waals surface area contributed by atoms with Crippen molar-refractivity contribution in [2.45, 2.75) is 13.0 Å². The monoisotopic (exact) mass is 413 g/mol. The molecule has 1 aliphatic heterocycles. The van der Waals surface area contributed by atoms with Gasteiger partial charge in [0.25, 0.3) is 5.91 Å². The number of hydrogen-bond donors (Lipinski definition) is 2. The highest BCUT2D eigenvalue weighted by Gasteiger charge is 2.28. The zero-order chi connectivity index (χ0) is 21.1. The molecule has 1 saturated heterocycles. The van der Waals surface area contributed by atoms with Gasteiger partial charge in [-0.05, 0) is 37.3 Å². The summed E-state index contributed by atoms with van der Waals surface area (Å²) in [5.74, 6) is 0.480. The van der Waals surface area contributed by atoms with Crippen LogP contribution >= 0.6 is 0 Å². The molecule has 0 radical (unpaired) electrons. The Balaban J connectivity index is 1.54. The number of methoxy groups -OCH3 is 1. The van der Waals surface area contributed by atoms with Crippen LogP contribution in [0.1, 0.15) is 27.7 Å². The topological polar surface area (TPSA) is 65.1 Å². The van der Waals surface area contributed by atoms with E-state index in [0.29, 0.717) is 36.9 Å². The van der Waals surface area contributed by atoms with Gasteiger partial charge in [-0.2, -0.15) is 0 Å². The van der Waals surface area contributed by atoms with Crippen molar-refractivity contribution in [1.82, 2.24) is 5.32 Å².